The van der Waals surface area contributed by atoms with E-state index in [0.717, 1.165) is 12.0 Å². The van der Waals surface area contributed by atoms with Crippen LogP contribution in [0.2, 0.25) is 0 Å². The molecule has 0 saturated heterocycles. The fourth-order valence-corrected chi connectivity index (χ4v) is 1.86. The molecule has 1 rings (SSSR count). The lowest BCUT2D eigenvalue weighted by Crippen LogP contribution is -1.99. The summed E-state index contributed by atoms with van der Waals surface area (Å²) in [5.74, 6) is 0.451. The van der Waals surface area contributed by atoms with E-state index in [-0.39, 0.29) is 0 Å². The third-order valence-electron chi connectivity index (χ3n) is 3.38. The molecule has 0 aromatic rings. The molecule has 18 heavy (non-hydrogen) atoms. The van der Waals surface area contributed by atoms with Crippen molar-refractivity contribution in [2.45, 2.75) is 34.1 Å². The van der Waals surface area contributed by atoms with Gasteiger partial charge in [-0.25, -0.2) is 0 Å². The standard InChI is InChI=1S/C18H24/c1-6-7-8-18-13-17(5)15(3)11-9-14(2)10-12-16(18)4/h6-12,16H,2,13H2,1,3-5H3/b7-6-,11-9-,12-10?,17-15-,18-8-. The first kappa shape index (κ1) is 14.5. The number of rotatable bonds is 1. The molecule has 0 amide bonds. The smallest absolute Gasteiger partial charge is 0.00420 e. The van der Waals surface area contributed by atoms with Gasteiger partial charge in [0.2, 0.25) is 0 Å². The second-order valence-electron chi connectivity index (χ2n) is 4.96. The Morgan fingerprint density at radius 2 is 1.94 bits per heavy atom. The Bertz CT molecular complexity index is 450. The van der Waals surface area contributed by atoms with Crippen LogP contribution in [0.3, 0.4) is 0 Å². The van der Waals surface area contributed by atoms with Crippen molar-refractivity contribution in [2.24, 2.45) is 5.92 Å². The quantitative estimate of drug-likeness (QED) is 0.565. The minimum Gasteiger partial charge on any atom is -0.0918 e. The maximum atomic E-state index is 4.04. The molecule has 0 heterocycles. The van der Waals surface area contributed by atoms with E-state index >= 15 is 0 Å². The van der Waals surface area contributed by atoms with Crippen molar-refractivity contribution in [3.05, 3.63) is 71.4 Å². The summed E-state index contributed by atoms with van der Waals surface area (Å²) in [6.07, 6.45) is 16.1. The van der Waals surface area contributed by atoms with Crippen LogP contribution in [0.15, 0.2) is 71.4 Å². The molecule has 0 spiro atoms. The van der Waals surface area contributed by atoms with Crippen molar-refractivity contribution < 1.29 is 0 Å². The molecule has 0 aromatic heterocycles. The Kier molecular flexibility index (Phi) is 5.64. The molecule has 0 fully saturated rings. The maximum Gasteiger partial charge on any atom is -0.00420 e. The largest absolute Gasteiger partial charge is 0.0918 e. The minimum atomic E-state index is 0.451. The van der Waals surface area contributed by atoms with Gasteiger partial charge in [0.15, 0.2) is 0 Å². The first-order valence-electron chi connectivity index (χ1n) is 6.58. The van der Waals surface area contributed by atoms with Crippen LogP contribution in [0.4, 0.5) is 0 Å². The molecule has 1 aliphatic carbocycles. The zero-order chi connectivity index (χ0) is 13.5. The van der Waals surface area contributed by atoms with Crippen LogP contribution in [0.25, 0.3) is 0 Å². The first-order valence-corrected chi connectivity index (χ1v) is 6.58. The van der Waals surface area contributed by atoms with Gasteiger partial charge in [-0.1, -0.05) is 72.8 Å². The van der Waals surface area contributed by atoms with Gasteiger partial charge in [-0.05, 0) is 38.7 Å². The minimum absolute atomic E-state index is 0.451. The number of hydrogen-bond acceptors (Lipinski definition) is 0. The second-order valence-corrected chi connectivity index (χ2v) is 4.96. The van der Waals surface area contributed by atoms with Gasteiger partial charge in [-0.2, -0.15) is 0 Å². The summed E-state index contributed by atoms with van der Waals surface area (Å²) in [6, 6.07) is 0. The lowest BCUT2D eigenvalue weighted by molar-refractivity contribution is 0.814. The van der Waals surface area contributed by atoms with E-state index in [1.165, 1.54) is 16.7 Å². The Hall–Kier alpha value is -1.56. The Morgan fingerprint density at radius 1 is 1.22 bits per heavy atom. The molecule has 96 valence electrons. The summed E-state index contributed by atoms with van der Waals surface area (Å²) in [7, 11) is 0. The second kappa shape index (κ2) is 7.00. The summed E-state index contributed by atoms with van der Waals surface area (Å²) in [6.45, 7) is 12.7. The molecule has 0 aliphatic heterocycles. The van der Waals surface area contributed by atoms with E-state index in [2.05, 4.69) is 76.8 Å². The highest BCUT2D eigenvalue weighted by molar-refractivity contribution is 5.38. The third kappa shape index (κ3) is 4.37. The molecular weight excluding hydrogens is 216 g/mol. The molecule has 0 radical (unpaired) electrons. The van der Waals surface area contributed by atoms with Crippen molar-refractivity contribution >= 4 is 0 Å². The van der Waals surface area contributed by atoms with Gasteiger partial charge in [0.25, 0.3) is 0 Å². The van der Waals surface area contributed by atoms with Crippen LogP contribution in [0, 0.1) is 5.92 Å². The van der Waals surface area contributed by atoms with Gasteiger partial charge in [0.1, 0.15) is 0 Å². The van der Waals surface area contributed by atoms with Crippen molar-refractivity contribution in [1.82, 2.24) is 0 Å². The summed E-state index contributed by atoms with van der Waals surface area (Å²) < 4.78 is 0. The van der Waals surface area contributed by atoms with Crippen LogP contribution < -0.4 is 0 Å². The van der Waals surface area contributed by atoms with Crippen LogP contribution in [-0.2, 0) is 0 Å². The fourth-order valence-electron chi connectivity index (χ4n) is 1.86. The third-order valence-corrected chi connectivity index (χ3v) is 3.38. The predicted molar refractivity (Wildman–Crippen MR) is 82.5 cm³/mol. The zero-order valence-electron chi connectivity index (χ0n) is 12.0. The van der Waals surface area contributed by atoms with Crippen molar-refractivity contribution in [3.8, 4) is 0 Å². The molecule has 1 atom stereocenters. The monoisotopic (exact) mass is 240 g/mol. The summed E-state index contributed by atoms with van der Waals surface area (Å²) in [5, 5.41) is 0. The average Bonchev–Trinajstić information content (AvgIpc) is 2.36. The van der Waals surface area contributed by atoms with Gasteiger partial charge in [-0.15, -0.1) is 0 Å². The van der Waals surface area contributed by atoms with Gasteiger partial charge in [-0.3, -0.25) is 0 Å². The lowest BCUT2D eigenvalue weighted by atomic mass is 9.90. The van der Waals surface area contributed by atoms with E-state index in [0.29, 0.717) is 5.92 Å². The SMILES string of the molecule is C=C1C=CC(C)/C(=C\C=C/C)C/C(C)=C(C)\C=C/1. The summed E-state index contributed by atoms with van der Waals surface area (Å²) >= 11 is 0. The molecule has 0 aromatic carbocycles. The fraction of sp³-hybridized carbons (Fsp3) is 0.333. The summed E-state index contributed by atoms with van der Waals surface area (Å²) in [5.41, 5.74) is 5.27. The van der Waals surface area contributed by atoms with E-state index in [1.54, 1.807) is 0 Å². The van der Waals surface area contributed by atoms with Crippen LogP contribution in [0.1, 0.15) is 34.1 Å². The van der Waals surface area contributed by atoms with E-state index in [1.807, 2.05) is 0 Å². The zero-order valence-corrected chi connectivity index (χ0v) is 12.0. The Balaban J connectivity index is 3.17. The molecule has 0 saturated carbocycles. The molecule has 0 heteroatoms. The Labute approximate surface area is 112 Å². The van der Waals surface area contributed by atoms with Crippen LogP contribution in [-0.4, -0.2) is 0 Å². The highest BCUT2D eigenvalue weighted by Crippen LogP contribution is 2.24. The van der Waals surface area contributed by atoms with E-state index in [9.17, 15) is 0 Å². The van der Waals surface area contributed by atoms with Crippen LogP contribution >= 0.6 is 0 Å². The molecular formula is C18H24. The normalized spacial score (nSPS) is 30.1. The first-order chi connectivity index (χ1) is 8.54. The van der Waals surface area contributed by atoms with Crippen LogP contribution in [0.5, 0.6) is 0 Å². The molecule has 1 unspecified atom stereocenters. The van der Waals surface area contributed by atoms with Crippen molar-refractivity contribution in [2.75, 3.05) is 0 Å². The van der Waals surface area contributed by atoms with E-state index < -0.39 is 0 Å². The van der Waals surface area contributed by atoms with Gasteiger partial charge in [0.05, 0.1) is 0 Å². The van der Waals surface area contributed by atoms with Gasteiger partial charge >= 0.3 is 0 Å². The summed E-state index contributed by atoms with van der Waals surface area (Å²) in [4.78, 5) is 0. The molecule has 0 bridgehead atoms. The lowest BCUT2D eigenvalue weighted by Gasteiger charge is -2.15. The Morgan fingerprint density at radius 3 is 2.61 bits per heavy atom. The predicted octanol–water partition coefficient (Wildman–Crippen LogP) is 5.53. The molecule has 0 nitrogen and oxygen atoms in total. The topological polar surface area (TPSA) is 0 Å². The number of allylic oxidation sites excluding steroid dienone is 11. The maximum absolute atomic E-state index is 4.04. The highest BCUT2D eigenvalue weighted by atomic mass is 14.1. The highest BCUT2D eigenvalue weighted by Gasteiger charge is 2.08. The number of hydrogen-bond donors (Lipinski definition) is 0. The van der Waals surface area contributed by atoms with E-state index in [4.69, 9.17) is 0 Å². The molecule has 1 aliphatic rings. The van der Waals surface area contributed by atoms with Gasteiger partial charge in [0, 0.05) is 0 Å². The average molecular weight is 240 g/mol. The van der Waals surface area contributed by atoms with Crippen molar-refractivity contribution in [3.63, 3.8) is 0 Å². The molecule has 0 N–H and O–H groups in total. The van der Waals surface area contributed by atoms with Gasteiger partial charge < -0.3 is 0 Å². The van der Waals surface area contributed by atoms with Crippen molar-refractivity contribution in [1.29, 1.82) is 0 Å².